The van der Waals surface area contributed by atoms with Gasteiger partial charge in [-0.1, -0.05) is 17.7 Å². The van der Waals surface area contributed by atoms with E-state index in [1.54, 1.807) is 37.4 Å². The molecule has 1 aliphatic heterocycles. The average Bonchev–Trinajstić information content (AvgIpc) is 3.28. The molecule has 5 aromatic rings. The lowest BCUT2D eigenvalue weighted by Gasteiger charge is -2.25. The molecule has 0 unspecified atom stereocenters. The summed E-state index contributed by atoms with van der Waals surface area (Å²) in [6.45, 7) is 2.81. The summed E-state index contributed by atoms with van der Waals surface area (Å²) in [5, 5.41) is 17.9. The molecule has 13 heteroatoms. The van der Waals surface area contributed by atoms with Crippen LogP contribution in [0.3, 0.4) is 0 Å². The first-order valence-electron chi connectivity index (χ1n) is 12.2. The normalized spacial score (nSPS) is 13.2. The number of nitriles is 1. The van der Waals surface area contributed by atoms with Crippen LogP contribution < -0.4 is 16.7 Å². The third kappa shape index (κ3) is 4.61. The quantitative estimate of drug-likeness (QED) is 0.335. The van der Waals surface area contributed by atoms with Gasteiger partial charge in [0.1, 0.15) is 11.9 Å². The van der Waals surface area contributed by atoms with Gasteiger partial charge in [-0.2, -0.15) is 15.3 Å². The van der Waals surface area contributed by atoms with Crippen LogP contribution >= 0.6 is 11.6 Å². The monoisotopic (exact) mass is 558 g/mol. The minimum atomic E-state index is -0.831. The van der Waals surface area contributed by atoms with Crippen LogP contribution in [-0.2, 0) is 11.3 Å². The number of nitrogens with zero attached hydrogens (tertiary/aromatic N) is 7. The molecular weight excluding hydrogens is 539 g/mol. The van der Waals surface area contributed by atoms with Crippen molar-refractivity contribution in [3.05, 3.63) is 103 Å². The molecule has 1 aliphatic rings. The van der Waals surface area contributed by atoms with E-state index in [4.69, 9.17) is 16.3 Å². The van der Waals surface area contributed by atoms with Crippen LogP contribution in [0.4, 0.5) is 16.0 Å². The number of anilines is 2. The Hall–Kier alpha value is -4.86. The van der Waals surface area contributed by atoms with Crippen LogP contribution in [-0.4, -0.2) is 42.1 Å². The van der Waals surface area contributed by atoms with Crippen LogP contribution in [0.25, 0.3) is 16.6 Å². The Balaban J connectivity index is 1.47. The van der Waals surface area contributed by atoms with E-state index in [9.17, 15) is 19.2 Å². The fraction of sp³-hybridized carbons (Fsp3) is 0.185. The first kappa shape index (κ1) is 25.4. The molecule has 0 spiro atoms. The van der Waals surface area contributed by atoms with Crippen molar-refractivity contribution in [1.29, 1.82) is 5.26 Å². The van der Waals surface area contributed by atoms with Gasteiger partial charge in [0.05, 0.1) is 59.5 Å². The topological polar surface area (TPSA) is 133 Å². The third-order valence-electron chi connectivity index (χ3n) is 6.53. The highest BCUT2D eigenvalue weighted by Crippen LogP contribution is 2.31. The van der Waals surface area contributed by atoms with Gasteiger partial charge in [0, 0.05) is 17.8 Å². The molecule has 0 atom stereocenters. The minimum absolute atomic E-state index is 0.0873. The number of nitrogens with one attached hydrogen (secondary N) is 1. The molecule has 0 radical (unpaired) electrons. The Morgan fingerprint density at radius 3 is 2.75 bits per heavy atom. The van der Waals surface area contributed by atoms with E-state index in [2.05, 4.69) is 20.4 Å². The van der Waals surface area contributed by atoms with Crippen molar-refractivity contribution in [2.24, 2.45) is 0 Å². The molecule has 1 N–H and O–H groups in total. The second kappa shape index (κ2) is 10.0. The highest BCUT2D eigenvalue weighted by Gasteiger charge is 2.22. The average molecular weight is 559 g/mol. The van der Waals surface area contributed by atoms with Gasteiger partial charge < -0.3 is 10.1 Å². The first-order chi connectivity index (χ1) is 19.3. The number of fused-ring (bicyclic) bond motifs is 1. The van der Waals surface area contributed by atoms with Gasteiger partial charge in [-0.15, -0.1) is 0 Å². The third-order valence-corrected chi connectivity index (χ3v) is 6.85. The van der Waals surface area contributed by atoms with Crippen molar-refractivity contribution < 1.29 is 9.13 Å². The zero-order valence-corrected chi connectivity index (χ0v) is 21.8. The Labute approximate surface area is 230 Å². The van der Waals surface area contributed by atoms with Gasteiger partial charge in [0.25, 0.3) is 0 Å². The van der Waals surface area contributed by atoms with E-state index in [0.29, 0.717) is 35.0 Å². The molecule has 0 bridgehead atoms. The molecule has 200 valence electrons. The van der Waals surface area contributed by atoms with Crippen molar-refractivity contribution in [3.8, 4) is 11.8 Å². The second-order valence-electron chi connectivity index (χ2n) is 9.38. The van der Waals surface area contributed by atoms with E-state index in [1.165, 1.54) is 22.9 Å². The second-order valence-corrected chi connectivity index (χ2v) is 9.79. The Kier molecular flexibility index (Phi) is 6.37. The van der Waals surface area contributed by atoms with Gasteiger partial charge in [0.15, 0.2) is 0 Å². The van der Waals surface area contributed by atoms with Crippen LogP contribution in [0.5, 0.6) is 0 Å². The van der Waals surface area contributed by atoms with Gasteiger partial charge in [0.2, 0.25) is 5.95 Å². The van der Waals surface area contributed by atoms with E-state index in [0.717, 1.165) is 21.6 Å². The van der Waals surface area contributed by atoms with E-state index < -0.39 is 17.2 Å². The predicted molar refractivity (Wildman–Crippen MR) is 145 cm³/mol. The summed E-state index contributed by atoms with van der Waals surface area (Å²) in [4.78, 5) is 35.2. The first-order valence-corrected chi connectivity index (χ1v) is 12.6. The zero-order chi connectivity index (χ0) is 28.0. The van der Waals surface area contributed by atoms with Gasteiger partial charge >= 0.3 is 11.4 Å². The maximum atomic E-state index is 14.0. The highest BCUT2D eigenvalue weighted by atomic mass is 35.5. The highest BCUT2D eigenvalue weighted by molar-refractivity contribution is 6.34. The number of rotatable bonds is 6. The summed E-state index contributed by atoms with van der Waals surface area (Å²) < 4.78 is 23.2. The molecule has 0 aliphatic carbocycles. The lowest BCUT2D eigenvalue weighted by Crippen LogP contribution is -2.41. The number of pyridine rings is 1. The lowest BCUT2D eigenvalue weighted by molar-refractivity contribution is -0.0283. The molecule has 2 aromatic carbocycles. The number of aryl methyl sites for hydroxylation is 1. The molecule has 4 heterocycles. The fourth-order valence-electron chi connectivity index (χ4n) is 4.40. The molecule has 0 saturated carbocycles. The van der Waals surface area contributed by atoms with Crippen molar-refractivity contribution in [1.82, 2.24) is 28.9 Å². The van der Waals surface area contributed by atoms with E-state index in [-0.39, 0.29) is 29.8 Å². The van der Waals surface area contributed by atoms with E-state index in [1.807, 2.05) is 10.9 Å². The molecule has 6 rings (SSSR count). The molecule has 1 saturated heterocycles. The fourth-order valence-corrected chi connectivity index (χ4v) is 4.60. The summed E-state index contributed by atoms with van der Waals surface area (Å²) >= 11 is 6.56. The minimum Gasteiger partial charge on any atom is -0.377 e. The number of benzene rings is 2. The van der Waals surface area contributed by atoms with Crippen LogP contribution in [0, 0.1) is 24.1 Å². The Morgan fingerprint density at radius 1 is 1.20 bits per heavy atom. The number of hydrogen-bond donors (Lipinski definition) is 1. The Morgan fingerprint density at radius 2 is 2.02 bits per heavy atom. The molecular formula is C27H20ClFN8O3. The molecule has 0 amide bonds. The molecule has 1 fully saturated rings. The maximum absolute atomic E-state index is 14.0. The summed E-state index contributed by atoms with van der Waals surface area (Å²) in [5.74, 6) is -0.768. The zero-order valence-electron chi connectivity index (χ0n) is 21.0. The van der Waals surface area contributed by atoms with Gasteiger partial charge in [-0.25, -0.2) is 18.5 Å². The van der Waals surface area contributed by atoms with Crippen molar-refractivity contribution in [2.45, 2.75) is 19.5 Å². The SMILES string of the molecule is Cc1cncc(-n2c(=O)nc(Nc3cc4cn(C5COC5)nc4cc3Cl)n(Cc3ccc(F)c(C#N)c3)c2=O)c1. The summed E-state index contributed by atoms with van der Waals surface area (Å²) in [6, 6.07) is 10.9. The maximum Gasteiger partial charge on any atom is 0.359 e. The number of ether oxygens (including phenoxy) is 1. The van der Waals surface area contributed by atoms with E-state index >= 15 is 0 Å². The van der Waals surface area contributed by atoms with Crippen molar-refractivity contribution >= 4 is 34.1 Å². The van der Waals surface area contributed by atoms with Crippen LogP contribution in [0.1, 0.15) is 22.7 Å². The largest absolute Gasteiger partial charge is 0.377 e. The smallest absolute Gasteiger partial charge is 0.359 e. The van der Waals surface area contributed by atoms with Crippen LogP contribution in [0.2, 0.25) is 5.02 Å². The van der Waals surface area contributed by atoms with Gasteiger partial charge in [-0.05, 0) is 48.4 Å². The molecule has 40 heavy (non-hydrogen) atoms. The van der Waals surface area contributed by atoms with Crippen molar-refractivity contribution in [2.75, 3.05) is 18.5 Å². The number of halogens is 2. The summed E-state index contributed by atoms with van der Waals surface area (Å²) in [7, 11) is 0. The lowest BCUT2D eigenvalue weighted by atomic mass is 10.1. The predicted octanol–water partition coefficient (Wildman–Crippen LogP) is 3.47. The summed E-state index contributed by atoms with van der Waals surface area (Å²) in [5.41, 5.74) is 0.775. The van der Waals surface area contributed by atoms with Crippen LogP contribution in [0.15, 0.2) is 64.6 Å². The molecule has 3 aromatic heterocycles. The Bertz CT molecular complexity index is 1950. The number of hydrogen-bond acceptors (Lipinski definition) is 8. The standard InChI is InChI=1S/C27H20ClFN8O3/c1-15-4-19(10-31-9-15)37-26(38)33-25(35(27(37)39)11-16-2-3-22(29)17(5-16)8-30)32-24-6-18-12-36(20-13-40-14-20)34-23(18)7-21(24)28/h2-7,9-10,12,20H,11,13-14H2,1H3,(H,32,33,38). The summed E-state index contributed by atoms with van der Waals surface area (Å²) in [6.07, 6.45) is 4.85. The van der Waals surface area contributed by atoms with Gasteiger partial charge in [-0.3, -0.25) is 14.2 Å². The van der Waals surface area contributed by atoms with Crippen molar-refractivity contribution in [3.63, 3.8) is 0 Å². The molecule has 11 nitrogen and oxygen atoms in total. The number of aromatic nitrogens is 6.